The number of likely N-dealkylation sites (N-methyl/N-ethyl adjacent to an activating group) is 1. The minimum Gasteiger partial charge on any atom is -0.355 e. The topological polar surface area (TPSA) is 86.8 Å². The summed E-state index contributed by atoms with van der Waals surface area (Å²) in [7, 11) is -4.31. The molecule has 2 amide bonds. The number of halogens is 1. The summed E-state index contributed by atoms with van der Waals surface area (Å²) < 4.78 is 43.1. The first-order valence-electron chi connectivity index (χ1n) is 12.1. The second-order valence-corrected chi connectivity index (χ2v) is 10.5. The number of aryl methyl sites for hydroxylation is 1. The molecule has 0 saturated heterocycles. The van der Waals surface area contributed by atoms with Crippen LogP contribution in [-0.2, 0) is 26.2 Å². The summed E-state index contributed by atoms with van der Waals surface area (Å²) in [4.78, 5) is 28.0. The minimum atomic E-state index is -4.31. The van der Waals surface area contributed by atoms with Crippen molar-refractivity contribution in [2.75, 3.05) is 17.4 Å². The van der Waals surface area contributed by atoms with Gasteiger partial charge in [0.2, 0.25) is 11.8 Å². The Morgan fingerprint density at radius 2 is 1.54 bits per heavy atom. The molecule has 0 radical (unpaired) electrons. The maximum Gasteiger partial charge on any atom is 0.264 e. The zero-order chi connectivity index (χ0) is 27.0. The predicted octanol–water partition coefficient (Wildman–Crippen LogP) is 4.27. The molecule has 3 aromatic carbocycles. The minimum absolute atomic E-state index is 0.0699. The Bertz CT molecular complexity index is 1310. The number of anilines is 1. The van der Waals surface area contributed by atoms with Crippen LogP contribution in [0.15, 0.2) is 83.8 Å². The molecular formula is C28H32FN3O4S. The van der Waals surface area contributed by atoms with Crippen molar-refractivity contribution in [3.63, 3.8) is 0 Å². The average Bonchev–Trinajstić information content (AvgIpc) is 2.88. The highest BCUT2D eigenvalue weighted by atomic mass is 32.2. The van der Waals surface area contributed by atoms with Crippen LogP contribution in [0.3, 0.4) is 0 Å². The highest BCUT2D eigenvalue weighted by molar-refractivity contribution is 7.92. The Balaban J connectivity index is 2.06. The standard InChI is InChI=1S/C28H32FN3O4S/c1-4-25(28(34)30-5-2)31(19-22-11-7-6-8-12-22)27(33)20-32(26-14-10-9-13-24(26)29)37(35,36)23-17-15-21(3)16-18-23/h6-18,25H,4-5,19-20H2,1-3H3,(H,30,34)/t25-/m1/s1. The third-order valence-corrected chi connectivity index (χ3v) is 7.72. The molecule has 1 N–H and O–H groups in total. The second kappa shape index (κ2) is 12.5. The highest BCUT2D eigenvalue weighted by Gasteiger charge is 2.34. The largest absolute Gasteiger partial charge is 0.355 e. The zero-order valence-corrected chi connectivity index (χ0v) is 22.0. The van der Waals surface area contributed by atoms with Gasteiger partial charge in [-0.15, -0.1) is 0 Å². The maximum absolute atomic E-state index is 14.9. The fourth-order valence-electron chi connectivity index (χ4n) is 4.00. The number of hydrogen-bond acceptors (Lipinski definition) is 4. The van der Waals surface area contributed by atoms with Crippen molar-refractivity contribution < 1.29 is 22.4 Å². The molecular weight excluding hydrogens is 493 g/mol. The summed E-state index contributed by atoms with van der Waals surface area (Å²) in [6.45, 7) is 5.17. The van der Waals surface area contributed by atoms with E-state index in [0.29, 0.717) is 13.0 Å². The molecule has 3 aromatic rings. The van der Waals surface area contributed by atoms with Crippen LogP contribution in [0.1, 0.15) is 31.4 Å². The lowest BCUT2D eigenvalue weighted by molar-refractivity contribution is -0.140. The number of hydrogen-bond donors (Lipinski definition) is 1. The molecule has 1 atom stereocenters. The number of nitrogens with one attached hydrogen (secondary N) is 1. The molecule has 0 saturated carbocycles. The van der Waals surface area contributed by atoms with Crippen LogP contribution in [0.5, 0.6) is 0 Å². The number of carbonyl (C=O) groups is 2. The molecule has 0 aromatic heterocycles. The third kappa shape index (κ3) is 6.74. The highest BCUT2D eigenvalue weighted by Crippen LogP contribution is 2.27. The monoisotopic (exact) mass is 525 g/mol. The van der Waals surface area contributed by atoms with Gasteiger partial charge in [-0.2, -0.15) is 0 Å². The van der Waals surface area contributed by atoms with Gasteiger partial charge in [-0.1, -0.05) is 67.1 Å². The smallest absolute Gasteiger partial charge is 0.264 e. The van der Waals surface area contributed by atoms with Crippen LogP contribution in [0.2, 0.25) is 0 Å². The molecule has 7 nitrogen and oxygen atoms in total. The van der Waals surface area contributed by atoms with Gasteiger partial charge in [0.25, 0.3) is 10.0 Å². The summed E-state index contributed by atoms with van der Waals surface area (Å²) in [5.74, 6) is -1.75. The van der Waals surface area contributed by atoms with Crippen LogP contribution in [0.4, 0.5) is 10.1 Å². The van der Waals surface area contributed by atoms with Gasteiger partial charge in [0, 0.05) is 13.1 Å². The van der Waals surface area contributed by atoms with E-state index in [9.17, 15) is 22.4 Å². The van der Waals surface area contributed by atoms with Crippen molar-refractivity contribution >= 4 is 27.5 Å². The van der Waals surface area contributed by atoms with Crippen molar-refractivity contribution in [2.24, 2.45) is 0 Å². The van der Waals surface area contributed by atoms with Gasteiger partial charge in [0.1, 0.15) is 18.4 Å². The van der Waals surface area contributed by atoms with Crippen molar-refractivity contribution in [1.29, 1.82) is 0 Å². The average molecular weight is 526 g/mol. The van der Waals surface area contributed by atoms with Crippen LogP contribution < -0.4 is 9.62 Å². The van der Waals surface area contributed by atoms with E-state index in [1.807, 2.05) is 37.3 Å². The van der Waals surface area contributed by atoms with Gasteiger partial charge in [0.05, 0.1) is 10.6 Å². The SMILES string of the molecule is CCNC(=O)[C@@H](CC)N(Cc1ccccc1)C(=O)CN(c1ccccc1F)S(=O)(=O)c1ccc(C)cc1. The van der Waals surface area contributed by atoms with E-state index in [-0.39, 0.29) is 23.0 Å². The number of sulfonamides is 1. The van der Waals surface area contributed by atoms with E-state index >= 15 is 0 Å². The fraction of sp³-hybridized carbons (Fsp3) is 0.286. The molecule has 0 aliphatic rings. The van der Waals surface area contributed by atoms with Crippen LogP contribution in [-0.4, -0.2) is 44.3 Å². The summed E-state index contributed by atoms with van der Waals surface area (Å²) in [6.07, 6.45) is 0.314. The first kappa shape index (κ1) is 27.9. The first-order chi connectivity index (χ1) is 17.7. The molecule has 0 spiro atoms. The van der Waals surface area contributed by atoms with Gasteiger partial charge in [-0.05, 0) is 50.1 Å². The summed E-state index contributed by atoms with van der Waals surface area (Å²) in [5.41, 5.74) is 1.38. The molecule has 196 valence electrons. The molecule has 37 heavy (non-hydrogen) atoms. The first-order valence-corrected chi connectivity index (χ1v) is 13.6. The lowest BCUT2D eigenvalue weighted by atomic mass is 10.1. The number of nitrogens with zero attached hydrogens (tertiary/aromatic N) is 2. The van der Waals surface area contributed by atoms with Crippen molar-refractivity contribution in [3.8, 4) is 0 Å². The lowest BCUT2D eigenvalue weighted by Crippen LogP contribution is -2.52. The van der Waals surface area contributed by atoms with E-state index in [4.69, 9.17) is 0 Å². The second-order valence-electron chi connectivity index (χ2n) is 8.60. The molecule has 9 heteroatoms. The number of para-hydroxylation sites is 1. The fourth-order valence-corrected chi connectivity index (χ4v) is 5.42. The lowest BCUT2D eigenvalue weighted by Gasteiger charge is -2.33. The van der Waals surface area contributed by atoms with Crippen LogP contribution in [0.25, 0.3) is 0 Å². The van der Waals surface area contributed by atoms with Gasteiger partial charge in [0.15, 0.2) is 0 Å². The number of rotatable bonds is 11. The van der Waals surface area contributed by atoms with E-state index in [0.717, 1.165) is 21.5 Å². The van der Waals surface area contributed by atoms with Crippen molar-refractivity contribution in [2.45, 2.75) is 44.7 Å². The summed E-state index contributed by atoms with van der Waals surface area (Å²) in [6, 6.07) is 19.8. The maximum atomic E-state index is 14.9. The molecule has 3 rings (SSSR count). The Labute approximate surface area is 218 Å². The molecule has 0 bridgehead atoms. The van der Waals surface area contributed by atoms with Crippen LogP contribution in [0, 0.1) is 12.7 Å². The van der Waals surface area contributed by atoms with E-state index in [2.05, 4.69) is 5.32 Å². The van der Waals surface area contributed by atoms with Gasteiger partial charge < -0.3 is 10.2 Å². The summed E-state index contributed by atoms with van der Waals surface area (Å²) in [5, 5.41) is 2.75. The normalized spacial score (nSPS) is 12.0. The van der Waals surface area contributed by atoms with E-state index in [1.165, 1.54) is 35.2 Å². The number of benzene rings is 3. The van der Waals surface area contributed by atoms with E-state index < -0.39 is 34.3 Å². The quantitative estimate of drug-likeness (QED) is 0.405. The molecule has 0 fully saturated rings. The van der Waals surface area contributed by atoms with Crippen molar-refractivity contribution in [3.05, 3.63) is 95.8 Å². The van der Waals surface area contributed by atoms with Gasteiger partial charge in [-0.3, -0.25) is 13.9 Å². The van der Waals surface area contributed by atoms with Gasteiger partial charge in [-0.25, -0.2) is 12.8 Å². The third-order valence-electron chi connectivity index (χ3n) is 5.94. The Hall–Kier alpha value is -3.72. The van der Waals surface area contributed by atoms with Gasteiger partial charge >= 0.3 is 0 Å². The van der Waals surface area contributed by atoms with E-state index in [1.54, 1.807) is 26.0 Å². The Morgan fingerprint density at radius 3 is 2.14 bits per heavy atom. The molecule has 0 unspecified atom stereocenters. The number of amides is 2. The molecule has 0 aliphatic heterocycles. The zero-order valence-electron chi connectivity index (χ0n) is 21.2. The number of carbonyl (C=O) groups excluding carboxylic acids is 2. The summed E-state index contributed by atoms with van der Waals surface area (Å²) >= 11 is 0. The van der Waals surface area contributed by atoms with Crippen LogP contribution >= 0.6 is 0 Å². The molecule has 0 aliphatic carbocycles. The predicted molar refractivity (Wildman–Crippen MR) is 142 cm³/mol. The van der Waals surface area contributed by atoms with Crippen molar-refractivity contribution in [1.82, 2.24) is 10.2 Å². The molecule has 0 heterocycles. The Kier molecular flexibility index (Phi) is 9.41. The Morgan fingerprint density at radius 1 is 0.919 bits per heavy atom.